The zero-order chi connectivity index (χ0) is 25.8. The van der Waals surface area contributed by atoms with Crippen LogP contribution in [0.3, 0.4) is 0 Å². The maximum absolute atomic E-state index is 13.2. The molecule has 0 aliphatic carbocycles. The van der Waals surface area contributed by atoms with Gasteiger partial charge in [0.15, 0.2) is 5.82 Å². The van der Waals surface area contributed by atoms with Gasteiger partial charge in [-0.05, 0) is 43.1 Å². The third kappa shape index (κ3) is 6.57. The van der Waals surface area contributed by atoms with E-state index in [4.69, 9.17) is 15.6 Å². The number of nitrogens with two attached hydrogens (primary N) is 1. The summed E-state index contributed by atoms with van der Waals surface area (Å²) in [6.45, 7) is 1.39. The number of methoxy groups -OCH3 is 1. The number of ether oxygens (including phenoxy) is 1. The van der Waals surface area contributed by atoms with Crippen LogP contribution in [0, 0.1) is 0 Å². The quantitative estimate of drug-likeness (QED) is 0.409. The van der Waals surface area contributed by atoms with Crippen LogP contribution in [-0.4, -0.2) is 70.0 Å². The number of phenols is 1. The Morgan fingerprint density at radius 1 is 1.29 bits per heavy atom. The Morgan fingerprint density at radius 2 is 2.03 bits per heavy atom. The van der Waals surface area contributed by atoms with Gasteiger partial charge in [-0.3, -0.25) is 9.59 Å². The summed E-state index contributed by atoms with van der Waals surface area (Å²) in [5, 5.41) is 30.5. The van der Waals surface area contributed by atoms with E-state index in [2.05, 4.69) is 15.5 Å². The Labute approximate surface area is 198 Å². The number of hydrogen-bond donors (Lipinski definition) is 4. The predicted octanol–water partition coefficient (Wildman–Crippen LogP) is 2.46. The lowest BCUT2D eigenvalue weighted by molar-refractivity contribution is -0.138. The highest BCUT2D eigenvalue weighted by molar-refractivity contribution is 5.98. The lowest BCUT2D eigenvalue weighted by atomic mass is 9.98. The number of likely N-dealkylation sites (tertiary alicyclic amines) is 1. The highest BCUT2D eigenvalue weighted by Crippen LogP contribution is 2.39. The summed E-state index contributed by atoms with van der Waals surface area (Å²) in [7, 11) is 1.29. The van der Waals surface area contributed by atoms with Crippen LogP contribution in [0.5, 0.6) is 5.75 Å². The van der Waals surface area contributed by atoms with Crippen LogP contribution < -0.4 is 11.1 Å². The van der Waals surface area contributed by atoms with E-state index in [0.717, 1.165) is 25.5 Å². The average Bonchev–Trinajstić information content (AvgIpc) is 2.78. The van der Waals surface area contributed by atoms with Gasteiger partial charge in [0.1, 0.15) is 5.75 Å². The number of hydrogen-bond acceptors (Lipinski definition) is 8. The molecule has 1 amide bonds. The first kappa shape index (κ1) is 26.2. The van der Waals surface area contributed by atoms with Gasteiger partial charge in [-0.1, -0.05) is 0 Å². The van der Waals surface area contributed by atoms with Crippen LogP contribution in [0.25, 0.3) is 11.3 Å². The molecule has 0 saturated carbocycles. The summed E-state index contributed by atoms with van der Waals surface area (Å²) in [5.41, 5.74) is 4.32. The number of carboxylic acids is 1. The van der Waals surface area contributed by atoms with E-state index < -0.39 is 29.4 Å². The number of nitrogens with one attached hydrogen (secondary N) is 1. The van der Waals surface area contributed by atoms with Crippen LogP contribution in [0.4, 0.5) is 19.0 Å². The number of nitrogens with zero attached hydrogens (tertiary/aromatic N) is 3. The third-order valence-corrected chi connectivity index (χ3v) is 5.63. The number of benzene rings is 1. The number of rotatable bonds is 9. The maximum atomic E-state index is 13.2. The number of halogens is 3. The molecule has 5 N–H and O–H groups in total. The summed E-state index contributed by atoms with van der Waals surface area (Å²) in [6, 6.07) is 2.51. The monoisotopic (exact) mass is 497 g/mol. The molecule has 0 unspecified atom stereocenters. The minimum absolute atomic E-state index is 0.00612. The van der Waals surface area contributed by atoms with Gasteiger partial charge in [0.2, 0.25) is 0 Å². The molecule has 1 aliphatic rings. The van der Waals surface area contributed by atoms with Crippen LogP contribution in [0.2, 0.25) is 0 Å². The van der Waals surface area contributed by atoms with Crippen molar-refractivity contribution in [1.82, 2.24) is 15.1 Å². The van der Waals surface area contributed by atoms with Gasteiger partial charge in [0.25, 0.3) is 5.91 Å². The number of anilines is 1. The Hall–Kier alpha value is -3.45. The average molecular weight is 497 g/mol. The molecule has 0 spiro atoms. The Balaban J connectivity index is 1.92. The second-order valence-electron chi connectivity index (χ2n) is 8.24. The zero-order valence-electron chi connectivity index (χ0n) is 18.9. The SMILES string of the molecule is COCc1cc(C(F)(F)F)cc(O)c1-c1cc(C(N)=O)c(N[C@@H]2CCCN(CCC(=O)O)C2)nn1. The third-order valence-electron chi connectivity index (χ3n) is 5.63. The van der Waals surface area contributed by atoms with Gasteiger partial charge in [0.05, 0.1) is 29.8 Å². The normalized spacial score (nSPS) is 16.7. The minimum atomic E-state index is -4.69. The van der Waals surface area contributed by atoms with E-state index in [1.54, 1.807) is 0 Å². The molecule has 2 heterocycles. The Morgan fingerprint density at radius 3 is 2.66 bits per heavy atom. The number of primary amides is 1. The van der Waals surface area contributed by atoms with E-state index in [9.17, 15) is 27.9 Å². The molecule has 1 saturated heterocycles. The number of carbonyl (C=O) groups is 2. The van der Waals surface area contributed by atoms with Crippen LogP contribution in [0.1, 0.15) is 40.7 Å². The molecule has 1 fully saturated rings. The molecule has 3 rings (SSSR count). The number of carbonyl (C=O) groups excluding carboxylic acids is 1. The zero-order valence-corrected chi connectivity index (χ0v) is 18.9. The van der Waals surface area contributed by atoms with Crippen molar-refractivity contribution in [3.63, 3.8) is 0 Å². The van der Waals surface area contributed by atoms with Crippen molar-refractivity contribution < 1.29 is 37.7 Å². The summed E-state index contributed by atoms with van der Waals surface area (Å²) in [5.74, 6) is -2.34. The fraction of sp³-hybridized carbons (Fsp3) is 0.455. The number of amides is 1. The van der Waals surface area contributed by atoms with Crippen molar-refractivity contribution in [3.8, 4) is 17.0 Å². The topological polar surface area (TPSA) is 151 Å². The van der Waals surface area contributed by atoms with Gasteiger partial charge in [0, 0.05) is 31.8 Å². The van der Waals surface area contributed by atoms with Gasteiger partial charge in [-0.25, -0.2) is 0 Å². The number of piperidine rings is 1. The molecule has 0 radical (unpaired) electrons. The number of aliphatic carboxylic acids is 1. The first-order valence-corrected chi connectivity index (χ1v) is 10.8. The van der Waals surface area contributed by atoms with Crippen LogP contribution >= 0.6 is 0 Å². The molecule has 1 aromatic heterocycles. The van der Waals surface area contributed by atoms with E-state index >= 15 is 0 Å². The molecule has 1 aromatic carbocycles. The van der Waals surface area contributed by atoms with Gasteiger partial charge in [-0.2, -0.15) is 13.2 Å². The van der Waals surface area contributed by atoms with E-state index in [1.165, 1.54) is 13.2 Å². The maximum Gasteiger partial charge on any atom is 0.416 e. The minimum Gasteiger partial charge on any atom is -0.507 e. The smallest absolute Gasteiger partial charge is 0.416 e. The standard InChI is InChI=1S/C22H26F3N5O5/c1-35-11-12-7-13(22(23,24)25)8-17(31)19(12)16-9-15(20(26)34)21(29-28-16)27-14-3-2-5-30(10-14)6-4-18(32)33/h7-9,14,31H,2-6,10-11H2,1H3,(H2,26,34)(H,27,29)(H,32,33)/t14-/m1/s1. The number of aromatic nitrogens is 2. The molecule has 1 aliphatic heterocycles. The molecule has 13 heteroatoms. The highest BCUT2D eigenvalue weighted by Gasteiger charge is 2.33. The molecule has 0 bridgehead atoms. The first-order valence-electron chi connectivity index (χ1n) is 10.8. The predicted molar refractivity (Wildman–Crippen MR) is 119 cm³/mol. The molecular formula is C22H26F3N5O5. The molecule has 10 nitrogen and oxygen atoms in total. The lowest BCUT2D eigenvalue weighted by Crippen LogP contribution is -2.43. The molecule has 1 atom stereocenters. The molecular weight excluding hydrogens is 471 g/mol. The van der Waals surface area contributed by atoms with Crippen molar-refractivity contribution in [2.45, 2.75) is 38.1 Å². The summed E-state index contributed by atoms with van der Waals surface area (Å²) in [4.78, 5) is 25.0. The summed E-state index contributed by atoms with van der Waals surface area (Å²) >= 11 is 0. The number of carboxylic acid groups (broad SMARTS) is 1. The Bertz CT molecular complexity index is 1100. The number of aromatic hydroxyl groups is 1. The number of alkyl halides is 3. The van der Waals surface area contributed by atoms with E-state index in [1.807, 2.05) is 4.90 Å². The van der Waals surface area contributed by atoms with Crippen molar-refractivity contribution in [2.24, 2.45) is 5.73 Å². The second kappa shape index (κ2) is 10.9. The van der Waals surface area contributed by atoms with Gasteiger partial charge < -0.3 is 30.9 Å². The van der Waals surface area contributed by atoms with Crippen molar-refractivity contribution in [1.29, 1.82) is 0 Å². The fourth-order valence-corrected chi connectivity index (χ4v) is 4.05. The summed E-state index contributed by atoms with van der Waals surface area (Å²) in [6.07, 6.45) is -3.14. The largest absolute Gasteiger partial charge is 0.507 e. The highest BCUT2D eigenvalue weighted by atomic mass is 19.4. The van der Waals surface area contributed by atoms with Gasteiger partial charge in [-0.15, -0.1) is 10.2 Å². The van der Waals surface area contributed by atoms with Crippen molar-refractivity contribution >= 4 is 17.7 Å². The lowest BCUT2D eigenvalue weighted by Gasteiger charge is -2.33. The van der Waals surface area contributed by atoms with Crippen LogP contribution in [0.15, 0.2) is 18.2 Å². The molecule has 35 heavy (non-hydrogen) atoms. The second-order valence-corrected chi connectivity index (χ2v) is 8.24. The van der Waals surface area contributed by atoms with E-state index in [0.29, 0.717) is 19.2 Å². The molecule has 190 valence electrons. The Kier molecular flexibility index (Phi) is 8.12. The fourth-order valence-electron chi connectivity index (χ4n) is 4.05. The first-order chi connectivity index (χ1) is 16.5. The molecule has 2 aromatic rings. The van der Waals surface area contributed by atoms with Gasteiger partial charge >= 0.3 is 12.1 Å². The van der Waals surface area contributed by atoms with Crippen molar-refractivity contribution in [3.05, 3.63) is 34.9 Å². The summed E-state index contributed by atoms with van der Waals surface area (Å²) < 4.78 is 44.6. The van der Waals surface area contributed by atoms with Crippen molar-refractivity contribution in [2.75, 3.05) is 32.1 Å². The van der Waals surface area contributed by atoms with E-state index in [-0.39, 0.29) is 47.3 Å². The number of phenolic OH excluding ortho intramolecular Hbond substituents is 1. The van der Waals surface area contributed by atoms with Crippen LogP contribution in [-0.2, 0) is 22.3 Å².